The van der Waals surface area contributed by atoms with Crippen LogP contribution in [0.3, 0.4) is 0 Å². The Hall–Kier alpha value is -1.24. The van der Waals surface area contributed by atoms with Crippen molar-refractivity contribution in [2.24, 2.45) is 11.3 Å². The van der Waals surface area contributed by atoms with Crippen molar-refractivity contribution < 1.29 is 23.8 Å². The summed E-state index contributed by atoms with van der Waals surface area (Å²) in [6, 6.07) is 0. The van der Waals surface area contributed by atoms with E-state index in [0.29, 0.717) is 31.8 Å². The smallest absolute Gasteiger partial charge is 0.333 e. The molecule has 0 heterocycles. The summed E-state index contributed by atoms with van der Waals surface area (Å²) in [7, 11) is 1.66. The molecule has 0 fully saturated rings. The summed E-state index contributed by atoms with van der Waals surface area (Å²) in [6.07, 6.45) is 1.73. The highest BCUT2D eigenvalue weighted by Gasteiger charge is 2.45. The van der Waals surface area contributed by atoms with E-state index in [4.69, 9.17) is 14.2 Å². The zero-order chi connectivity index (χ0) is 24.5. The van der Waals surface area contributed by atoms with E-state index in [1.165, 1.54) is 0 Å². The van der Waals surface area contributed by atoms with Crippen molar-refractivity contribution in [2.75, 3.05) is 40.0 Å². The topological polar surface area (TPSA) is 65.1 Å². The van der Waals surface area contributed by atoms with Crippen LogP contribution in [-0.4, -0.2) is 67.8 Å². The van der Waals surface area contributed by atoms with Gasteiger partial charge in [-0.25, -0.2) is 4.79 Å². The summed E-state index contributed by atoms with van der Waals surface area (Å²) >= 11 is 0. The number of methoxy groups -OCH3 is 1. The molecule has 182 valence electrons. The number of rotatable bonds is 16. The highest BCUT2D eigenvalue weighted by Crippen LogP contribution is 2.37. The first-order valence-corrected chi connectivity index (χ1v) is 11.5. The molecular weight excluding hydrogens is 394 g/mol. The van der Waals surface area contributed by atoms with E-state index < -0.39 is 17.0 Å². The number of ether oxygens (including phenoxy) is 3. The van der Waals surface area contributed by atoms with Crippen LogP contribution in [0.15, 0.2) is 12.2 Å². The third kappa shape index (κ3) is 9.42. The van der Waals surface area contributed by atoms with Gasteiger partial charge in [-0.05, 0) is 59.5 Å². The Morgan fingerprint density at radius 2 is 1.58 bits per heavy atom. The number of nitrogens with zero attached hydrogens (tertiary/aromatic N) is 1. The minimum Gasteiger partial charge on any atom is -0.461 e. The molecule has 0 amide bonds. The number of ketones is 1. The maximum absolute atomic E-state index is 13.3. The Morgan fingerprint density at radius 1 is 1.00 bits per heavy atom. The molecule has 1 atom stereocenters. The van der Waals surface area contributed by atoms with E-state index in [2.05, 4.69) is 25.3 Å². The van der Waals surface area contributed by atoms with E-state index in [9.17, 15) is 9.59 Å². The Kier molecular flexibility index (Phi) is 12.2. The number of carbonyl (C=O) groups is 2. The summed E-state index contributed by atoms with van der Waals surface area (Å²) < 4.78 is 16.8. The van der Waals surface area contributed by atoms with Crippen LogP contribution in [0.5, 0.6) is 0 Å². The van der Waals surface area contributed by atoms with E-state index in [1.807, 2.05) is 34.6 Å². The number of esters is 1. The van der Waals surface area contributed by atoms with Gasteiger partial charge in [0.1, 0.15) is 12.2 Å². The van der Waals surface area contributed by atoms with Crippen molar-refractivity contribution in [3.63, 3.8) is 0 Å². The lowest BCUT2D eigenvalue weighted by atomic mass is 9.69. The van der Waals surface area contributed by atoms with Crippen LogP contribution in [0.4, 0.5) is 0 Å². The second-order valence-corrected chi connectivity index (χ2v) is 9.94. The van der Waals surface area contributed by atoms with Gasteiger partial charge in [0.15, 0.2) is 5.78 Å². The highest BCUT2D eigenvalue weighted by atomic mass is 16.5. The lowest BCUT2D eigenvalue weighted by Crippen LogP contribution is -2.48. The van der Waals surface area contributed by atoms with Crippen molar-refractivity contribution in [1.82, 2.24) is 4.90 Å². The van der Waals surface area contributed by atoms with Crippen molar-refractivity contribution in [1.29, 1.82) is 0 Å². The van der Waals surface area contributed by atoms with Crippen molar-refractivity contribution in [3.8, 4) is 0 Å². The molecule has 6 nitrogen and oxygen atoms in total. The molecule has 0 aliphatic carbocycles. The van der Waals surface area contributed by atoms with Gasteiger partial charge in [-0.2, -0.15) is 0 Å². The summed E-state index contributed by atoms with van der Waals surface area (Å²) in [5.41, 5.74) is -1.83. The Bertz CT molecular complexity index is 595. The molecule has 0 saturated carbocycles. The van der Waals surface area contributed by atoms with Gasteiger partial charge in [0, 0.05) is 24.6 Å². The zero-order valence-corrected chi connectivity index (χ0v) is 21.7. The first-order valence-electron chi connectivity index (χ1n) is 11.5. The van der Waals surface area contributed by atoms with Crippen LogP contribution in [0.2, 0.25) is 0 Å². The molecule has 0 N–H and O–H groups in total. The van der Waals surface area contributed by atoms with Gasteiger partial charge in [0.2, 0.25) is 0 Å². The molecule has 0 aromatic carbocycles. The first kappa shape index (κ1) is 29.8. The average Bonchev–Trinajstić information content (AvgIpc) is 2.70. The minimum absolute atomic E-state index is 0.0724. The van der Waals surface area contributed by atoms with Crippen LogP contribution >= 0.6 is 0 Å². The van der Waals surface area contributed by atoms with Gasteiger partial charge >= 0.3 is 5.97 Å². The molecule has 1 unspecified atom stereocenters. The van der Waals surface area contributed by atoms with Gasteiger partial charge in [-0.3, -0.25) is 4.79 Å². The molecule has 0 radical (unpaired) electrons. The summed E-state index contributed by atoms with van der Waals surface area (Å²) in [5.74, 6) is -0.901. The van der Waals surface area contributed by atoms with E-state index in [1.54, 1.807) is 21.0 Å². The number of Topliss-reactive ketones (excluding diaryl/α,β-unsaturated/α-hetero) is 1. The van der Waals surface area contributed by atoms with Crippen LogP contribution in [0.1, 0.15) is 75.2 Å². The molecule has 6 heteroatoms. The maximum Gasteiger partial charge on any atom is 0.333 e. The Labute approximate surface area is 190 Å². The van der Waals surface area contributed by atoms with E-state index in [-0.39, 0.29) is 17.3 Å². The van der Waals surface area contributed by atoms with Crippen molar-refractivity contribution in [3.05, 3.63) is 12.2 Å². The predicted octanol–water partition coefficient (Wildman–Crippen LogP) is 4.66. The van der Waals surface area contributed by atoms with Crippen LogP contribution < -0.4 is 0 Å². The first-order chi connectivity index (χ1) is 14.2. The largest absolute Gasteiger partial charge is 0.461 e. The van der Waals surface area contributed by atoms with Crippen molar-refractivity contribution in [2.45, 2.75) is 86.4 Å². The number of hydrogen-bond acceptors (Lipinski definition) is 6. The van der Waals surface area contributed by atoms with Crippen molar-refractivity contribution >= 4 is 11.8 Å². The summed E-state index contributed by atoms with van der Waals surface area (Å²) in [5, 5.41) is 0. The Morgan fingerprint density at radius 3 is 2.06 bits per heavy atom. The average molecular weight is 442 g/mol. The Balaban J connectivity index is 4.96. The van der Waals surface area contributed by atoms with E-state index in [0.717, 1.165) is 19.5 Å². The maximum atomic E-state index is 13.3. The lowest BCUT2D eigenvalue weighted by molar-refractivity contribution is -0.154. The molecule has 0 saturated heterocycles. The monoisotopic (exact) mass is 441 g/mol. The zero-order valence-electron chi connectivity index (χ0n) is 21.7. The number of hydrogen-bond donors (Lipinski definition) is 0. The predicted molar refractivity (Wildman–Crippen MR) is 126 cm³/mol. The van der Waals surface area contributed by atoms with Crippen LogP contribution in [0.25, 0.3) is 0 Å². The molecule has 0 spiro atoms. The third-order valence-corrected chi connectivity index (χ3v) is 6.35. The SMILES string of the molecule is C=C(C(=O)OCCN(CC)CCC)C(C)C(C)(C)C(=O)C(C)(C)OCCC(C)(C)OC. The van der Waals surface area contributed by atoms with E-state index >= 15 is 0 Å². The molecule has 0 aliphatic heterocycles. The second-order valence-electron chi connectivity index (χ2n) is 9.94. The minimum atomic E-state index is -0.993. The normalized spacial score (nSPS) is 13.9. The number of carbonyl (C=O) groups excluding carboxylic acids is 2. The molecule has 0 aromatic rings. The second kappa shape index (κ2) is 12.7. The highest BCUT2D eigenvalue weighted by molar-refractivity contribution is 5.95. The quantitative estimate of drug-likeness (QED) is 0.256. The van der Waals surface area contributed by atoms with Gasteiger partial charge in [-0.15, -0.1) is 0 Å². The molecule has 0 aliphatic rings. The molecule has 0 bridgehead atoms. The lowest BCUT2D eigenvalue weighted by Gasteiger charge is -2.38. The fourth-order valence-electron chi connectivity index (χ4n) is 3.41. The third-order valence-electron chi connectivity index (χ3n) is 6.35. The van der Waals surface area contributed by atoms with Crippen LogP contribution in [0, 0.1) is 11.3 Å². The summed E-state index contributed by atoms with van der Waals surface area (Å²) in [4.78, 5) is 28.1. The van der Waals surface area contributed by atoms with Gasteiger partial charge < -0.3 is 19.1 Å². The molecule has 0 rings (SSSR count). The molecule has 31 heavy (non-hydrogen) atoms. The van der Waals surface area contributed by atoms with Gasteiger partial charge in [0.05, 0.1) is 12.2 Å². The molecular formula is C25H47NO5. The standard InChI is InChI=1S/C25H47NO5/c1-12-15-26(13-2)16-18-30-21(27)19(3)20(4)24(7,8)22(28)25(9,10)31-17-14-23(5,6)29-11/h20H,3,12-18H2,1-2,4-11H3. The van der Waals surface area contributed by atoms with Gasteiger partial charge in [0.25, 0.3) is 0 Å². The molecule has 0 aromatic heterocycles. The van der Waals surface area contributed by atoms with Crippen LogP contribution in [-0.2, 0) is 23.8 Å². The fraction of sp³-hybridized carbons (Fsp3) is 0.840. The number of likely N-dealkylation sites (N-methyl/N-ethyl adjacent to an activating group) is 1. The van der Waals surface area contributed by atoms with Gasteiger partial charge in [-0.1, -0.05) is 41.2 Å². The fourth-order valence-corrected chi connectivity index (χ4v) is 3.41. The summed E-state index contributed by atoms with van der Waals surface area (Å²) in [6.45, 7) is 24.5.